The van der Waals surface area contributed by atoms with Crippen LogP contribution in [0.1, 0.15) is 0 Å². The fourth-order valence-corrected chi connectivity index (χ4v) is 2.19. The Hall–Kier alpha value is -2.40. The van der Waals surface area contributed by atoms with E-state index in [0.29, 0.717) is 16.3 Å². The highest BCUT2D eigenvalue weighted by atomic mass is 35.5. The Balaban J connectivity index is 2.19. The van der Waals surface area contributed by atoms with Crippen molar-refractivity contribution < 1.29 is 13.3 Å². The van der Waals surface area contributed by atoms with Gasteiger partial charge >= 0.3 is 0 Å². The standard InChI is InChI=1S/C15H9ClF2N2O/c16-9-3-1-8(2-4-9)14-13(15(19)21-20-14)11-6-5-10(17)7-12(11)18/h1-7H,19H2. The third-order valence-electron chi connectivity index (χ3n) is 3.04. The lowest BCUT2D eigenvalue weighted by Crippen LogP contribution is -1.92. The molecule has 0 spiro atoms. The van der Waals surface area contributed by atoms with Gasteiger partial charge in [-0.1, -0.05) is 28.9 Å². The Morgan fingerprint density at radius 2 is 1.76 bits per heavy atom. The van der Waals surface area contributed by atoms with Gasteiger partial charge in [0.1, 0.15) is 17.3 Å². The summed E-state index contributed by atoms with van der Waals surface area (Å²) in [5.74, 6) is -1.44. The van der Waals surface area contributed by atoms with Crippen molar-refractivity contribution in [2.45, 2.75) is 0 Å². The smallest absolute Gasteiger partial charge is 0.230 e. The number of rotatable bonds is 2. The summed E-state index contributed by atoms with van der Waals surface area (Å²) in [5, 5.41) is 4.41. The van der Waals surface area contributed by atoms with Gasteiger partial charge < -0.3 is 10.3 Å². The second kappa shape index (κ2) is 5.18. The fraction of sp³-hybridized carbons (Fsp3) is 0. The molecular weight excluding hydrogens is 298 g/mol. The van der Waals surface area contributed by atoms with Crippen LogP contribution in [0.25, 0.3) is 22.4 Å². The van der Waals surface area contributed by atoms with E-state index in [1.54, 1.807) is 24.3 Å². The maximum absolute atomic E-state index is 14.0. The molecule has 0 saturated heterocycles. The minimum absolute atomic E-state index is 0.0366. The first-order chi connectivity index (χ1) is 10.1. The number of nitrogens with zero attached hydrogens (tertiary/aromatic N) is 1. The molecule has 0 atom stereocenters. The molecule has 1 aromatic heterocycles. The summed E-state index contributed by atoms with van der Waals surface area (Å²) in [4.78, 5) is 0. The molecule has 0 saturated carbocycles. The molecule has 1 heterocycles. The molecule has 0 bridgehead atoms. The lowest BCUT2D eigenvalue weighted by atomic mass is 10.0. The number of hydrogen-bond acceptors (Lipinski definition) is 3. The quantitative estimate of drug-likeness (QED) is 0.757. The first-order valence-corrected chi connectivity index (χ1v) is 6.40. The van der Waals surface area contributed by atoms with Gasteiger partial charge in [-0.2, -0.15) is 0 Å². The average Bonchev–Trinajstić information content (AvgIpc) is 2.82. The van der Waals surface area contributed by atoms with Gasteiger partial charge in [-0.15, -0.1) is 0 Å². The van der Waals surface area contributed by atoms with Gasteiger partial charge in [0.05, 0.1) is 5.56 Å². The number of anilines is 1. The molecule has 2 aromatic carbocycles. The summed E-state index contributed by atoms with van der Waals surface area (Å²) in [7, 11) is 0. The van der Waals surface area contributed by atoms with Crippen molar-refractivity contribution in [2.24, 2.45) is 0 Å². The van der Waals surface area contributed by atoms with Gasteiger partial charge in [0.15, 0.2) is 0 Å². The third kappa shape index (κ3) is 2.48. The minimum atomic E-state index is -0.736. The van der Waals surface area contributed by atoms with Gasteiger partial charge in [-0.25, -0.2) is 8.78 Å². The number of aromatic nitrogens is 1. The van der Waals surface area contributed by atoms with Crippen LogP contribution >= 0.6 is 11.6 Å². The summed E-state index contributed by atoms with van der Waals surface area (Å²) in [6, 6.07) is 10.0. The van der Waals surface area contributed by atoms with Crippen LogP contribution in [0, 0.1) is 11.6 Å². The van der Waals surface area contributed by atoms with E-state index < -0.39 is 11.6 Å². The largest absolute Gasteiger partial charge is 0.367 e. The van der Waals surface area contributed by atoms with Gasteiger partial charge in [0.2, 0.25) is 5.88 Å². The van der Waals surface area contributed by atoms with Crippen molar-refractivity contribution in [2.75, 3.05) is 5.73 Å². The van der Waals surface area contributed by atoms with E-state index in [9.17, 15) is 8.78 Å². The van der Waals surface area contributed by atoms with Crippen LogP contribution in [0.15, 0.2) is 47.0 Å². The zero-order valence-electron chi connectivity index (χ0n) is 10.6. The third-order valence-corrected chi connectivity index (χ3v) is 3.29. The maximum atomic E-state index is 14.0. The van der Waals surface area contributed by atoms with Crippen LogP contribution in [-0.4, -0.2) is 5.16 Å². The molecule has 6 heteroatoms. The zero-order chi connectivity index (χ0) is 15.0. The summed E-state index contributed by atoms with van der Waals surface area (Å²) in [6.45, 7) is 0. The van der Waals surface area contributed by atoms with Gasteiger partial charge in [-0.3, -0.25) is 0 Å². The Labute approximate surface area is 123 Å². The molecule has 0 unspecified atom stereocenters. The lowest BCUT2D eigenvalue weighted by molar-refractivity contribution is 0.439. The van der Waals surface area contributed by atoms with E-state index in [2.05, 4.69) is 5.16 Å². The molecule has 3 rings (SSSR count). The predicted octanol–water partition coefficient (Wildman–Crippen LogP) is 4.52. The molecule has 0 radical (unpaired) electrons. The average molecular weight is 307 g/mol. The van der Waals surface area contributed by atoms with E-state index in [0.717, 1.165) is 12.1 Å². The van der Waals surface area contributed by atoms with Gasteiger partial charge in [0.25, 0.3) is 0 Å². The Bertz CT molecular complexity index is 800. The van der Waals surface area contributed by atoms with Crippen molar-refractivity contribution in [3.63, 3.8) is 0 Å². The Morgan fingerprint density at radius 1 is 1.05 bits per heavy atom. The van der Waals surface area contributed by atoms with Crippen LogP contribution in [0.2, 0.25) is 5.02 Å². The number of benzene rings is 2. The highest BCUT2D eigenvalue weighted by molar-refractivity contribution is 6.30. The molecule has 3 aromatic rings. The molecule has 106 valence electrons. The van der Waals surface area contributed by atoms with Crippen LogP contribution in [0.3, 0.4) is 0 Å². The first kappa shape index (κ1) is 13.6. The zero-order valence-corrected chi connectivity index (χ0v) is 11.4. The van der Waals surface area contributed by atoms with Gasteiger partial charge in [0, 0.05) is 22.2 Å². The van der Waals surface area contributed by atoms with Crippen molar-refractivity contribution in [1.29, 1.82) is 0 Å². The van der Waals surface area contributed by atoms with E-state index in [1.165, 1.54) is 6.07 Å². The molecule has 21 heavy (non-hydrogen) atoms. The number of halogens is 3. The SMILES string of the molecule is Nc1onc(-c2ccc(Cl)cc2)c1-c1ccc(F)cc1F. The van der Waals surface area contributed by atoms with E-state index in [1.807, 2.05) is 0 Å². The number of hydrogen-bond donors (Lipinski definition) is 1. The maximum Gasteiger partial charge on any atom is 0.230 e. The molecular formula is C15H9ClF2N2O. The number of nitrogens with two attached hydrogens (primary N) is 1. The van der Waals surface area contributed by atoms with Gasteiger partial charge in [-0.05, 0) is 24.3 Å². The molecule has 3 nitrogen and oxygen atoms in total. The molecule has 0 aliphatic carbocycles. The van der Waals surface area contributed by atoms with E-state index >= 15 is 0 Å². The summed E-state index contributed by atoms with van der Waals surface area (Å²) < 4.78 is 32.0. The monoisotopic (exact) mass is 306 g/mol. The van der Waals surface area contributed by atoms with Crippen LogP contribution < -0.4 is 5.73 Å². The number of nitrogen functional groups attached to an aromatic ring is 1. The van der Waals surface area contributed by atoms with E-state index in [-0.39, 0.29) is 17.0 Å². The predicted molar refractivity (Wildman–Crippen MR) is 76.7 cm³/mol. The van der Waals surface area contributed by atoms with Crippen molar-refractivity contribution in [3.05, 3.63) is 59.1 Å². The van der Waals surface area contributed by atoms with Crippen LogP contribution in [0.4, 0.5) is 14.7 Å². The highest BCUT2D eigenvalue weighted by Crippen LogP contribution is 2.37. The van der Waals surface area contributed by atoms with Crippen LogP contribution in [-0.2, 0) is 0 Å². The van der Waals surface area contributed by atoms with E-state index in [4.69, 9.17) is 21.9 Å². The first-order valence-electron chi connectivity index (χ1n) is 6.03. The summed E-state index contributed by atoms with van der Waals surface area (Å²) in [6.07, 6.45) is 0. The van der Waals surface area contributed by atoms with Crippen molar-refractivity contribution in [3.8, 4) is 22.4 Å². The normalized spacial score (nSPS) is 10.8. The Morgan fingerprint density at radius 3 is 2.43 bits per heavy atom. The lowest BCUT2D eigenvalue weighted by Gasteiger charge is -2.04. The van der Waals surface area contributed by atoms with Crippen LogP contribution in [0.5, 0.6) is 0 Å². The fourth-order valence-electron chi connectivity index (χ4n) is 2.06. The second-order valence-electron chi connectivity index (χ2n) is 4.40. The molecule has 2 N–H and O–H groups in total. The molecule has 0 fully saturated rings. The minimum Gasteiger partial charge on any atom is -0.367 e. The highest BCUT2D eigenvalue weighted by Gasteiger charge is 2.20. The van der Waals surface area contributed by atoms with Crippen molar-refractivity contribution in [1.82, 2.24) is 5.16 Å². The topological polar surface area (TPSA) is 52.0 Å². The van der Waals surface area contributed by atoms with Crippen molar-refractivity contribution >= 4 is 17.5 Å². The second-order valence-corrected chi connectivity index (χ2v) is 4.84. The summed E-state index contributed by atoms with van der Waals surface area (Å²) in [5.41, 5.74) is 7.18. The molecule has 0 aliphatic heterocycles. The Kier molecular flexibility index (Phi) is 3.35. The molecule has 0 aliphatic rings. The molecule has 0 amide bonds. The summed E-state index contributed by atoms with van der Waals surface area (Å²) >= 11 is 5.83.